The number of amides is 1. The average molecular weight is 344 g/mol. The van der Waals surface area contributed by atoms with E-state index < -0.39 is 29.3 Å². The molecule has 0 unspecified atom stereocenters. The largest absolute Gasteiger partial charge is 0.449 e. The third kappa shape index (κ3) is 5.15. The zero-order valence-corrected chi connectivity index (χ0v) is 14.1. The van der Waals surface area contributed by atoms with Gasteiger partial charge >= 0.3 is 5.97 Å². The van der Waals surface area contributed by atoms with E-state index in [9.17, 15) is 19.2 Å². The molecule has 1 aromatic carbocycles. The number of nitriles is 1. The zero-order chi connectivity index (χ0) is 18.3. The van der Waals surface area contributed by atoms with E-state index >= 15 is 0 Å². The lowest BCUT2D eigenvalue weighted by Crippen LogP contribution is -2.52. The van der Waals surface area contributed by atoms with Gasteiger partial charge in [-0.3, -0.25) is 4.79 Å². The second kappa shape index (κ2) is 8.43. The SMILES string of the molecule is C[C@H](OC(=O)/C=C/c1ccccc1F)C(=O)NC1(C#N)CCCCC1. The van der Waals surface area contributed by atoms with Crippen molar-refractivity contribution in [1.29, 1.82) is 5.26 Å². The molecule has 1 aliphatic carbocycles. The molecule has 132 valence electrons. The van der Waals surface area contributed by atoms with Gasteiger partial charge in [0, 0.05) is 11.6 Å². The molecule has 1 saturated carbocycles. The standard InChI is InChI=1S/C19H21FN2O3/c1-14(18(24)22-19(13-21)11-5-2-6-12-19)25-17(23)10-9-15-7-3-4-8-16(15)20/h3-4,7-10,14H,2,5-6,11-12H2,1H3,(H,22,24)/b10-9+/t14-/m0/s1. The number of carbonyl (C=O) groups excluding carboxylic acids is 2. The van der Waals surface area contributed by atoms with Crippen LogP contribution in [0.3, 0.4) is 0 Å². The first-order chi connectivity index (χ1) is 12.0. The molecule has 0 aliphatic heterocycles. The molecule has 6 heteroatoms. The van der Waals surface area contributed by atoms with Gasteiger partial charge in [-0.05, 0) is 31.9 Å². The smallest absolute Gasteiger partial charge is 0.331 e. The molecular weight excluding hydrogens is 323 g/mol. The van der Waals surface area contributed by atoms with Crippen molar-refractivity contribution in [3.05, 3.63) is 41.7 Å². The summed E-state index contributed by atoms with van der Waals surface area (Å²) in [5.41, 5.74) is -0.624. The van der Waals surface area contributed by atoms with Crippen molar-refractivity contribution >= 4 is 18.0 Å². The van der Waals surface area contributed by atoms with Crippen molar-refractivity contribution in [3.8, 4) is 6.07 Å². The normalized spacial score (nSPS) is 17.5. The van der Waals surface area contributed by atoms with Gasteiger partial charge in [0.2, 0.25) is 0 Å². The van der Waals surface area contributed by atoms with E-state index in [-0.39, 0.29) is 5.56 Å². The van der Waals surface area contributed by atoms with E-state index in [1.807, 2.05) is 0 Å². The molecular formula is C19H21FN2O3. The highest BCUT2D eigenvalue weighted by atomic mass is 19.1. The zero-order valence-electron chi connectivity index (χ0n) is 14.1. The number of halogens is 1. The Morgan fingerprint density at radius 2 is 2.00 bits per heavy atom. The molecule has 0 bridgehead atoms. The van der Waals surface area contributed by atoms with Gasteiger partial charge < -0.3 is 10.1 Å². The third-order valence-electron chi connectivity index (χ3n) is 4.25. The summed E-state index contributed by atoms with van der Waals surface area (Å²) >= 11 is 0. The Balaban J connectivity index is 1.91. The number of esters is 1. The van der Waals surface area contributed by atoms with E-state index in [1.54, 1.807) is 12.1 Å². The van der Waals surface area contributed by atoms with Crippen LogP contribution in [0.5, 0.6) is 0 Å². The molecule has 2 rings (SSSR count). The molecule has 0 radical (unpaired) electrons. The summed E-state index contributed by atoms with van der Waals surface area (Å²) < 4.78 is 18.5. The molecule has 0 heterocycles. The predicted molar refractivity (Wildman–Crippen MR) is 90.6 cm³/mol. The maximum atomic E-state index is 13.5. The minimum atomic E-state index is -1.04. The Kier molecular flexibility index (Phi) is 6.29. The molecule has 1 N–H and O–H groups in total. The highest BCUT2D eigenvalue weighted by Gasteiger charge is 2.35. The summed E-state index contributed by atoms with van der Waals surface area (Å²) in [6, 6.07) is 8.19. The number of ether oxygens (including phenoxy) is 1. The lowest BCUT2D eigenvalue weighted by Gasteiger charge is -2.32. The van der Waals surface area contributed by atoms with Crippen molar-refractivity contribution < 1.29 is 18.7 Å². The average Bonchev–Trinajstić information content (AvgIpc) is 2.61. The summed E-state index contributed by atoms with van der Waals surface area (Å²) in [5.74, 6) is -1.71. The second-order valence-corrected chi connectivity index (χ2v) is 6.18. The molecule has 5 nitrogen and oxygen atoms in total. The van der Waals surface area contributed by atoms with Crippen molar-refractivity contribution in [1.82, 2.24) is 5.32 Å². The molecule has 1 fully saturated rings. The monoisotopic (exact) mass is 344 g/mol. The van der Waals surface area contributed by atoms with Crippen molar-refractivity contribution in [2.75, 3.05) is 0 Å². The first kappa shape index (κ1) is 18.7. The predicted octanol–water partition coefficient (Wildman–Crippen LogP) is 3.11. The lowest BCUT2D eigenvalue weighted by molar-refractivity contribution is -0.150. The number of carbonyl (C=O) groups is 2. The van der Waals surface area contributed by atoms with Gasteiger partial charge in [0.15, 0.2) is 6.10 Å². The summed E-state index contributed by atoms with van der Waals surface area (Å²) in [7, 11) is 0. The van der Waals surface area contributed by atoms with Crippen LogP contribution in [0.1, 0.15) is 44.6 Å². The molecule has 0 aromatic heterocycles. The van der Waals surface area contributed by atoms with Gasteiger partial charge in [-0.2, -0.15) is 5.26 Å². The van der Waals surface area contributed by atoms with E-state index in [4.69, 9.17) is 4.74 Å². The van der Waals surface area contributed by atoms with Gasteiger partial charge in [-0.1, -0.05) is 37.5 Å². The van der Waals surface area contributed by atoms with E-state index in [1.165, 1.54) is 25.1 Å². The first-order valence-electron chi connectivity index (χ1n) is 8.32. The Hall–Kier alpha value is -2.68. The molecule has 25 heavy (non-hydrogen) atoms. The van der Waals surface area contributed by atoms with Crippen LogP contribution in [0.25, 0.3) is 6.08 Å². The summed E-state index contributed by atoms with van der Waals surface area (Å²) in [5, 5.41) is 12.1. The van der Waals surface area contributed by atoms with Gasteiger partial charge in [-0.15, -0.1) is 0 Å². The maximum Gasteiger partial charge on any atom is 0.331 e. The second-order valence-electron chi connectivity index (χ2n) is 6.18. The fourth-order valence-electron chi connectivity index (χ4n) is 2.79. The van der Waals surface area contributed by atoms with Crippen molar-refractivity contribution in [2.24, 2.45) is 0 Å². The van der Waals surface area contributed by atoms with E-state index in [0.717, 1.165) is 25.3 Å². The van der Waals surface area contributed by atoms with E-state index in [2.05, 4.69) is 11.4 Å². The molecule has 1 aromatic rings. The van der Waals surface area contributed by atoms with Crippen LogP contribution in [0.2, 0.25) is 0 Å². The Morgan fingerprint density at radius 3 is 2.64 bits per heavy atom. The van der Waals surface area contributed by atoms with Crippen LogP contribution >= 0.6 is 0 Å². The summed E-state index contributed by atoms with van der Waals surface area (Å²) in [4.78, 5) is 24.0. The van der Waals surface area contributed by atoms with Crippen LogP contribution in [-0.2, 0) is 14.3 Å². The number of nitrogens with one attached hydrogen (secondary N) is 1. The highest BCUT2D eigenvalue weighted by Crippen LogP contribution is 2.27. The number of hydrogen-bond acceptors (Lipinski definition) is 4. The van der Waals surface area contributed by atoms with Crippen LogP contribution in [0.15, 0.2) is 30.3 Å². The molecule has 1 aliphatic rings. The van der Waals surface area contributed by atoms with Crippen LogP contribution < -0.4 is 5.32 Å². The molecule has 1 amide bonds. The van der Waals surface area contributed by atoms with Crippen LogP contribution in [-0.4, -0.2) is 23.5 Å². The lowest BCUT2D eigenvalue weighted by atomic mass is 9.83. The topological polar surface area (TPSA) is 79.2 Å². The minimum absolute atomic E-state index is 0.252. The quantitative estimate of drug-likeness (QED) is 0.657. The van der Waals surface area contributed by atoms with E-state index in [0.29, 0.717) is 12.8 Å². The fraction of sp³-hybridized carbons (Fsp3) is 0.421. The van der Waals surface area contributed by atoms with Crippen LogP contribution in [0, 0.1) is 17.1 Å². The molecule has 0 saturated heterocycles. The highest BCUT2D eigenvalue weighted by molar-refractivity contribution is 5.90. The Labute approximate surface area is 146 Å². The summed E-state index contributed by atoms with van der Waals surface area (Å²) in [6.07, 6.45) is 5.34. The number of benzene rings is 1. The molecule has 0 spiro atoms. The summed E-state index contributed by atoms with van der Waals surface area (Å²) in [6.45, 7) is 1.44. The minimum Gasteiger partial charge on any atom is -0.449 e. The first-order valence-corrected chi connectivity index (χ1v) is 8.32. The number of nitrogens with zero attached hydrogens (tertiary/aromatic N) is 1. The Bertz CT molecular complexity index is 703. The third-order valence-corrected chi connectivity index (χ3v) is 4.25. The number of hydrogen-bond donors (Lipinski definition) is 1. The van der Waals surface area contributed by atoms with Gasteiger partial charge in [0.25, 0.3) is 5.91 Å². The maximum absolute atomic E-state index is 13.5. The van der Waals surface area contributed by atoms with Gasteiger partial charge in [0.1, 0.15) is 11.4 Å². The molecule has 1 atom stereocenters. The van der Waals surface area contributed by atoms with Gasteiger partial charge in [-0.25, -0.2) is 9.18 Å². The number of rotatable bonds is 5. The fourth-order valence-corrected chi connectivity index (χ4v) is 2.79. The van der Waals surface area contributed by atoms with Gasteiger partial charge in [0.05, 0.1) is 6.07 Å². The Morgan fingerprint density at radius 1 is 1.32 bits per heavy atom. The van der Waals surface area contributed by atoms with Crippen molar-refractivity contribution in [2.45, 2.75) is 50.7 Å². The van der Waals surface area contributed by atoms with Crippen LogP contribution in [0.4, 0.5) is 4.39 Å². The van der Waals surface area contributed by atoms with Crippen molar-refractivity contribution in [3.63, 3.8) is 0 Å².